The molecule has 0 bridgehead atoms. The molecule has 1 aliphatic carbocycles. The molecule has 1 heterocycles. The van der Waals surface area contributed by atoms with Gasteiger partial charge in [-0.2, -0.15) is 0 Å². The van der Waals surface area contributed by atoms with Gasteiger partial charge in [0.2, 0.25) is 5.91 Å². The number of nitrogens with zero attached hydrogens (tertiary/aromatic N) is 1. The zero-order valence-corrected chi connectivity index (χ0v) is 17.7. The van der Waals surface area contributed by atoms with Crippen molar-refractivity contribution in [3.63, 3.8) is 0 Å². The molecule has 2 aromatic rings. The lowest BCUT2D eigenvalue weighted by molar-refractivity contribution is -0.125. The van der Waals surface area contributed by atoms with E-state index in [4.69, 9.17) is 0 Å². The van der Waals surface area contributed by atoms with Crippen molar-refractivity contribution in [3.05, 3.63) is 53.6 Å². The smallest absolute Gasteiger partial charge is 0.337 e. The first-order valence-corrected chi connectivity index (χ1v) is 11.5. The van der Waals surface area contributed by atoms with Gasteiger partial charge in [0.05, 0.1) is 17.6 Å². The molecule has 1 amide bonds. The topological polar surface area (TPSA) is 92.8 Å². The van der Waals surface area contributed by atoms with Crippen molar-refractivity contribution in [2.45, 2.75) is 43.5 Å². The third-order valence-electron chi connectivity index (χ3n) is 5.83. The third-order valence-corrected chi connectivity index (χ3v) is 7.21. The number of hydrogen-bond donors (Lipinski definition) is 1. The number of fused-ring (bicyclic) bond motifs is 1. The summed E-state index contributed by atoms with van der Waals surface area (Å²) in [4.78, 5) is 26.3. The maximum atomic E-state index is 12.9. The fourth-order valence-electron chi connectivity index (χ4n) is 3.97. The van der Waals surface area contributed by atoms with E-state index in [0.717, 1.165) is 30.5 Å². The van der Waals surface area contributed by atoms with Crippen LogP contribution in [0.15, 0.2) is 47.4 Å². The molecular weight excluding hydrogens is 404 g/mol. The highest BCUT2D eigenvalue weighted by atomic mass is 32.2. The van der Waals surface area contributed by atoms with E-state index in [0.29, 0.717) is 17.7 Å². The number of ether oxygens (including phenoxy) is 1. The number of sulfonamides is 1. The van der Waals surface area contributed by atoms with E-state index in [-0.39, 0.29) is 22.8 Å². The molecule has 0 radical (unpaired) electrons. The molecule has 1 aliphatic heterocycles. The molecule has 0 spiro atoms. The molecule has 0 unspecified atom stereocenters. The number of carbonyl (C=O) groups is 2. The average Bonchev–Trinajstić information content (AvgIpc) is 3.01. The van der Waals surface area contributed by atoms with Crippen molar-refractivity contribution < 1.29 is 22.7 Å². The van der Waals surface area contributed by atoms with Gasteiger partial charge in [0, 0.05) is 23.3 Å². The third kappa shape index (κ3) is 3.67. The molecule has 2 aliphatic rings. The number of hydrogen-bond acceptors (Lipinski definition) is 5. The van der Waals surface area contributed by atoms with Crippen molar-refractivity contribution in [3.8, 4) is 0 Å². The maximum Gasteiger partial charge on any atom is 0.337 e. The summed E-state index contributed by atoms with van der Waals surface area (Å²) in [5, 5.41) is 0. The highest BCUT2D eigenvalue weighted by Crippen LogP contribution is 2.38. The SMILES string of the molecule is COC(=O)c1ccc(NS(=O)(=O)c2ccc3c(c2)C[C@@H](C)N3C(=O)C2CCC2)cc1. The Morgan fingerprint density at radius 2 is 1.80 bits per heavy atom. The van der Waals surface area contributed by atoms with E-state index in [9.17, 15) is 18.0 Å². The van der Waals surface area contributed by atoms with Gasteiger partial charge in [-0.1, -0.05) is 6.42 Å². The van der Waals surface area contributed by atoms with Crippen molar-refractivity contribution in [2.24, 2.45) is 5.92 Å². The van der Waals surface area contributed by atoms with Crippen molar-refractivity contribution in [2.75, 3.05) is 16.7 Å². The average molecular weight is 429 g/mol. The molecule has 2 aromatic carbocycles. The molecule has 1 atom stereocenters. The zero-order chi connectivity index (χ0) is 21.5. The highest BCUT2D eigenvalue weighted by Gasteiger charge is 2.37. The van der Waals surface area contributed by atoms with Crippen LogP contribution >= 0.6 is 0 Å². The van der Waals surface area contributed by atoms with E-state index < -0.39 is 16.0 Å². The van der Waals surface area contributed by atoms with Crippen LogP contribution in [0, 0.1) is 5.92 Å². The molecule has 1 N–H and O–H groups in total. The summed E-state index contributed by atoms with van der Waals surface area (Å²) in [5.74, 6) is -0.249. The molecule has 0 saturated heterocycles. The number of esters is 1. The zero-order valence-electron chi connectivity index (χ0n) is 16.9. The number of benzene rings is 2. The van der Waals surface area contributed by atoms with Crippen LogP contribution in [0.25, 0.3) is 0 Å². The van der Waals surface area contributed by atoms with Gasteiger partial charge in [-0.3, -0.25) is 9.52 Å². The standard InChI is InChI=1S/C22H24N2O5S/c1-14-12-17-13-19(10-11-20(17)24(14)21(25)15-4-3-5-15)30(27,28)23-18-8-6-16(7-9-18)22(26)29-2/h6-11,13-15,23H,3-5,12H2,1-2H3/t14-/m1/s1. The van der Waals surface area contributed by atoms with Crippen LogP contribution in [0.1, 0.15) is 42.1 Å². The van der Waals surface area contributed by atoms with E-state index in [1.165, 1.54) is 37.4 Å². The van der Waals surface area contributed by atoms with E-state index in [2.05, 4.69) is 9.46 Å². The normalized spacial score (nSPS) is 18.5. The first kappa shape index (κ1) is 20.4. The van der Waals surface area contributed by atoms with Crippen LogP contribution in [0.2, 0.25) is 0 Å². The summed E-state index contributed by atoms with van der Waals surface area (Å²) in [7, 11) is -2.52. The highest BCUT2D eigenvalue weighted by molar-refractivity contribution is 7.92. The quantitative estimate of drug-likeness (QED) is 0.738. The molecule has 8 heteroatoms. The maximum absolute atomic E-state index is 12.9. The number of carbonyl (C=O) groups excluding carboxylic acids is 2. The number of amides is 1. The van der Waals surface area contributed by atoms with Gasteiger partial charge in [-0.25, -0.2) is 13.2 Å². The second-order valence-electron chi connectivity index (χ2n) is 7.85. The summed E-state index contributed by atoms with van der Waals surface area (Å²) in [6.07, 6.45) is 3.59. The fraction of sp³-hybridized carbons (Fsp3) is 0.364. The molecule has 4 rings (SSSR count). The lowest BCUT2D eigenvalue weighted by Crippen LogP contribution is -2.42. The van der Waals surface area contributed by atoms with Crippen LogP contribution in [0.4, 0.5) is 11.4 Å². The summed E-state index contributed by atoms with van der Waals surface area (Å²) in [6.45, 7) is 1.99. The van der Waals surface area contributed by atoms with E-state index in [1.807, 2.05) is 11.8 Å². The molecular formula is C22H24N2O5S. The minimum absolute atomic E-state index is 0.0184. The summed E-state index contributed by atoms with van der Waals surface area (Å²) in [5.41, 5.74) is 2.35. The molecule has 158 valence electrons. The Balaban J connectivity index is 1.55. The second-order valence-corrected chi connectivity index (χ2v) is 9.54. The molecule has 0 aromatic heterocycles. The van der Waals surface area contributed by atoms with Gasteiger partial charge in [-0.05, 0) is 74.2 Å². The van der Waals surface area contributed by atoms with E-state index in [1.54, 1.807) is 12.1 Å². The molecule has 7 nitrogen and oxygen atoms in total. The van der Waals surface area contributed by atoms with Crippen molar-refractivity contribution >= 4 is 33.3 Å². The minimum atomic E-state index is -3.81. The monoisotopic (exact) mass is 428 g/mol. The number of nitrogens with one attached hydrogen (secondary N) is 1. The summed E-state index contributed by atoms with van der Waals surface area (Å²) in [6, 6.07) is 10.9. The Kier molecular flexibility index (Phi) is 5.27. The van der Waals surface area contributed by atoms with Crippen LogP contribution in [0.5, 0.6) is 0 Å². The first-order chi connectivity index (χ1) is 14.3. The molecule has 1 fully saturated rings. The minimum Gasteiger partial charge on any atom is -0.465 e. The number of rotatable bonds is 5. The number of methoxy groups -OCH3 is 1. The van der Waals surface area contributed by atoms with Crippen molar-refractivity contribution in [1.82, 2.24) is 0 Å². The Morgan fingerprint density at radius 3 is 2.40 bits per heavy atom. The van der Waals surface area contributed by atoms with E-state index >= 15 is 0 Å². The Labute approximate surface area is 176 Å². The number of anilines is 2. The predicted molar refractivity (Wildman–Crippen MR) is 113 cm³/mol. The second kappa shape index (κ2) is 7.75. The molecule has 30 heavy (non-hydrogen) atoms. The van der Waals surface area contributed by atoms with Crippen LogP contribution in [-0.4, -0.2) is 33.4 Å². The predicted octanol–water partition coefficient (Wildman–Crippen LogP) is 3.35. The Morgan fingerprint density at radius 1 is 1.10 bits per heavy atom. The summed E-state index contributed by atoms with van der Waals surface area (Å²) >= 11 is 0. The van der Waals surface area contributed by atoms with Gasteiger partial charge < -0.3 is 9.64 Å². The van der Waals surface area contributed by atoms with Crippen molar-refractivity contribution in [1.29, 1.82) is 0 Å². The Bertz CT molecular complexity index is 1090. The van der Waals surface area contributed by atoms with Crippen LogP contribution in [-0.2, 0) is 26.0 Å². The first-order valence-electron chi connectivity index (χ1n) is 9.97. The van der Waals surface area contributed by atoms with Gasteiger partial charge in [0.1, 0.15) is 0 Å². The lowest BCUT2D eigenvalue weighted by atomic mass is 9.84. The lowest BCUT2D eigenvalue weighted by Gasteiger charge is -2.32. The largest absolute Gasteiger partial charge is 0.465 e. The van der Waals surface area contributed by atoms with Crippen LogP contribution in [0.3, 0.4) is 0 Å². The molecule has 1 saturated carbocycles. The van der Waals surface area contributed by atoms with Crippen LogP contribution < -0.4 is 9.62 Å². The Hall–Kier alpha value is -2.87. The van der Waals surface area contributed by atoms with Gasteiger partial charge in [0.15, 0.2) is 0 Å². The van der Waals surface area contributed by atoms with Gasteiger partial charge in [-0.15, -0.1) is 0 Å². The van der Waals surface area contributed by atoms with Gasteiger partial charge in [0.25, 0.3) is 10.0 Å². The summed E-state index contributed by atoms with van der Waals surface area (Å²) < 4.78 is 32.9. The van der Waals surface area contributed by atoms with Gasteiger partial charge >= 0.3 is 5.97 Å². The fourth-order valence-corrected chi connectivity index (χ4v) is 5.08.